The van der Waals surface area contributed by atoms with Gasteiger partial charge in [0.15, 0.2) is 0 Å². The van der Waals surface area contributed by atoms with E-state index in [4.69, 9.17) is 0 Å². The van der Waals surface area contributed by atoms with Gasteiger partial charge >= 0.3 is 5.97 Å². The summed E-state index contributed by atoms with van der Waals surface area (Å²) in [5.74, 6) is -1.48. The molecule has 1 atom stereocenters. The number of carbonyl (C=O) groups is 1. The molecule has 0 spiro atoms. The highest BCUT2D eigenvalue weighted by atomic mass is 32.2. The zero-order valence-corrected chi connectivity index (χ0v) is 12.7. The van der Waals surface area contributed by atoms with Crippen molar-refractivity contribution < 1.29 is 22.7 Å². The van der Waals surface area contributed by atoms with E-state index in [1.54, 1.807) is 24.3 Å². The lowest BCUT2D eigenvalue weighted by atomic mass is 10.1. The third-order valence-corrected chi connectivity index (χ3v) is 3.68. The molecule has 0 saturated heterocycles. The molecule has 0 aliphatic heterocycles. The van der Waals surface area contributed by atoms with Gasteiger partial charge in [0.2, 0.25) is 0 Å². The molecule has 0 radical (unpaired) electrons. The highest BCUT2D eigenvalue weighted by Gasteiger charge is 2.15. The number of nitrogens with zero attached hydrogens (tertiary/aromatic N) is 1. The van der Waals surface area contributed by atoms with E-state index in [1.807, 2.05) is 6.92 Å². The van der Waals surface area contributed by atoms with E-state index in [0.29, 0.717) is 5.69 Å². The SMILES string of the molecule is COC(=O)c1cc(F)cc(N(c2ccc(C)cc2)S(=O)[O-])c1. The van der Waals surface area contributed by atoms with Crippen LogP contribution in [-0.4, -0.2) is 21.8 Å². The summed E-state index contributed by atoms with van der Waals surface area (Å²) < 4.78 is 42.2. The lowest BCUT2D eigenvalue weighted by Crippen LogP contribution is -2.20. The average molecular weight is 322 g/mol. The van der Waals surface area contributed by atoms with Crippen molar-refractivity contribution in [2.45, 2.75) is 6.92 Å². The number of halogens is 1. The smallest absolute Gasteiger partial charge is 0.338 e. The minimum Gasteiger partial charge on any atom is -0.755 e. The van der Waals surface area contributed by atoms with Gasteiger partial charge in [-0.15, -0.1) is 0 Å². The van der Waals surface area contributed by atoms with E-state index in [1.165, 1.54) is 6.07 Å². The molecule has 116 valence electrons. The van der Waals surface area contributed by atoms with Crippen LogP contribution in [0.1, 0.15) is 15.9 Å². The second-order valence-corrected chi connectivity index (χ2v) is 5.34. The molecule has 0 heterocycles. The van der Waals surface area contributed by atoms with Crippen LogP contribution in [0.4, 0.5) is 15.8 Å². The van der Waals surface area contributed by atoms with Gasteiger partial charge in [-0.1, -0.05) is 17.7 Å². The van der Waals surface area contributed by atoms with Crippen LogP contribution in [0.3, 0.4) is 0 Å². The van der Waals surface area contributed by atoms with Gasteiger partial charge in [0.1, 0.15) is 5.82 Å². The Hall–Kier alpha value is -2.25. The number of aryl methyl sites for hydroxylation is 1. The van der Waals surface area contributed by atoms with Gasteiger partial charge < -0.3 is 9.29 Å². The summed E-state index contributed by atoms with van der Waals surface area (Å²) in [7, 11) is 1.16. The number of ether oxygens (including phenoxy) is 1. The van der Waals surface area contributed by atoms with Crippen molar-refractivity contribution in [2.24, 2.45) is 0 Å². The summed E-state index contributed by atoms with van der Waals surface area (Å²) in [4.78, 5) is 11.5. The summed E-state index contributed by atoms with van der Waals surface area (Å²) in [6, 6.07) is 9.91. The number of benzene rings is 2. The third-order valence-electron chi connectivity index (χ3n) is 2.96. The van der Waals surface area contributed by atoms with E-state index >= 15 is 0 Å². The molecule has 0 aromatic heterocycles. The summed E-state index contributed by atoms with van der Waals surface area (Å²) in [5.41, 5.74) is 1.23. The van der Waals surface area contributed by atoms with Gasteiger partial charge in [-0.3, -0.25) is 8.51 Å². The molecule has 2 aromatic rings. The predicted molar refractivity (Wildman–Crippen MR) is 80.0 cm³/mol. The van der Waals surface area contributed by atoms with E-state index in [0.717, 1.165) is 29.1 Å². The van der Waals surface area contributed by atoms with Crippen LogP contribution in [-0.2, 0) is 16.0 Å². The molecule has 0 aliphatic rings. The quantitative estimate of drug-likeness (QED) is 0.641. The van der Waals surface area contributed by atoms with Crippen molar-refractivity contribution in [2.75, 3.05) is 11.4 Å². The highest BCUT2D eigenvalue weighted by molar-refractivity contribution is 7.81. The number of anilines is 2. The van der Waals surface area contributed by atoms with E-state index in [2.05, 4.69) is 4.74 Å². The lowest BCUT2D eigenvalue weighted by Gasteiger charge is -2.27. The minimum absolute atomic E-state index is 0.0117. The summed E-state index contributed by atoms with van der Waals surface area (Å²) in [6.45, 7) is 1.86. The first-order valence-corrected chi connectivity index (χ1v) is 7.30. The van der Waals surface area contributed by atoms with Crippen LogP contribution < -0.4 is 4.31 Å². The molecule has 2 aromatic carbocycles. The van der Waals surface area contributed by atoms with E-state index in [9.17, 15) is 17.9 Å². The maximum Gasteiger partial charge on any atom is 0.338 e. The standard InChI is InChI=1S/C15H14FNO4S/c1-10-3-5-13(6-4-10)17(22(19)20)14-8-11(15(18)21-2)7-12(16)9-14/h3-9H,1-2H3,(H,19,20)/p-1. The first-order chi connectivity index (χ1) is 10.4. The second-order valence-electron chi connectivity index (χ2n) is 4.54. The maximum atomic E-state index is 13.7. The summed E-state index contributed by atoms with van der Waals surface area (Å²) in [6.07, 6.45) is 0. The molecule has 5 nitrogen and oxygen atoms in total. The van der Waals surface area contributed by atoms with Crippen LogP contribution in [0.5, 0.6) is 0 Å². The van der Waals surface area contributed by atoms with Crippen molar-refractivity contribution in [1.82, 2.24) is 0 Å². The Labute approximate surface area is 129 Å². The molecular weight excluding hydrogens is 309 g/mol. The largest absolute Gasteiger partial charge is 0.755 e. The van der Waals surface area contributed by atoms with Crippen LogP contribution >= 0.6 is 0 Å². The van der Waals surface area contributed by atoms with Crippen molar-refractivity contribution in [3.8, 4) is 0 Å². The number of hydrogen-bond acceptors (Lipinski definition) is 4. The van der Waals surface area contributed by atoms with Gasteiger partial charge in [-0.25, -0.2) is 9.18 Å². The van der Waals surface area contributed by atoms with Gasteiger partial charge in [-0.2, -0.15) is 0 Å². The first kappa shape index (κ1) is 16.1. The summed E-state index contributed by atoms with van der Waals surface area (Å²) >= 11 is -2.68. The zero-order chi connectivity index (χ0) is 16.3. The fourth-order valence-corrected chi connectivity index (χ4v) is 2.50. The number of hydrogen-bond donors (Lipinski definition) is 0. The fraction of sp³-hybridized carbons (Fsp3) is 0.133. The molecule has 1 unspecified atom stereocenters. The molecule has 7 heteroatoms. The molecular formula is C15H13FNO4S-. The molecule has 0 amide bonds. The Morgan fingerprint density at radius 1 is 1.18 bits per heavy atom. The Balaban J connectivity index is 2.53. The molecule has 0 aliphatic carbocycles. The number of carbonyl (C=O) groups excluding carboxylic acids is 1. The van der Waals surface area contributed by atoms with Gasteiger partial charge in [-0.05, 0) is 37.3 Å². The molecule has 0 bridgehead atoms. The Bertz CT molecular complexity index is 718. The lowest BCUT2D eigenvalue weighted by molar-refractivity contribution is 0.0600. The molecule has 22 heavy (non-hydrogen) atoms. The maximum absolute atomic E-state index is 13.7. The van der Waals surface area contributed by atoms with E-state index < -0.39 is 23.1 Å². The fourth-order valence-electron chi connectivity index (χ4n) is 1.93. The molecule has 0 N–H and O–H groups in total. The molecule has 0 fully saturated rings. The van der Waals surface area contributed by atoms with Crippen LogP contribution in [0, 0.1) is 12.7 Å². The van der Waals surface area contributed by atoms with Crippen molar-refractivity contribution in [1.29, 1.82) is 0 Å². The molecule has 2 rings (SSSR count). The van der Waals surface area contributed by atoms with Crippen LogP contribution in [0.25, 0.3) is 0 Å². The van der Waals surface area contributed by atoms with E-state index in [-0.39, 0.29) is 11.3 Å². The van der Waals surface area contributed by atoms with Crippen LogP contribution in [0.15, 0.2) is 42.5 Å². The number of methoxy groups -OCH3 is 1. The Morgan fingerprint density at radius 2 is 1.82 bits per heavy atom. The van der Waals surface area contributed by atoms with Gasteiger partial charge in [0, 0.05) is 0 Å². The monoisotopic (exact) mass is 322 g/mol. The van der Waals surface area contributed by atoms with Gasteiger partial charge in [0.05, 0.1) is 35.3 Å². The van der Waals surface area contributed by atoms with Crippen molar-refractivity contribution >= 4 is 28.6 Å². The zero-order valence-electron chi connectivity index (χ0n) is 11.9. The normalized spacial score (nSPS) is 11.8. The van der Waals surface area contributed by atoms with Crippen molar-refractivity contribution in [3.05, 3.63) is 59.4 Å². The Morgan fingerprint density at radius 3 is 2.36 bits per heavy atom. The number of esters is 1. The topological polar surface area (TPSA) is 69.7 Å². The first-order valence-electron chi connectivity index (χ1n) is 6.27. The average Bonchev–Trinajstić information content (AvgIpc) is 2.47. The predicted octanol–water partition coefficient (Wildman–Crippen LogP) is 2.85. The Kier molecular flexibility index (Phi) is 4.89. The van der Waals surface area contributed by atoms with Crippen molar-refractivity contribution in [3.63, 3.8) is 0 Å². The second kappa shape index (κ2) is 6.67. The van der Waals surface area contributed by atoms with Crippen LogP contribution in [0.2, 0.25) is 0 Å². The number of rotatable bonds is 4. The minimum atomic E-state index is -2.68. The molecule has 0 saturated carbocycles. The third kappa shape index (κ3) is 3.49. The summed E-state index contributed by atoms with van der Waals surface area (Å²) in [5, 5.41) is 0. The highest BCUT2D eigenvalue weighted by Crippen LogP contribution is 2.28. The van der Waals surface area contributed by atoms with Gasteiger partial charge in [0.25, 0.3) is 0 Å².